The number of carbonyl (C=O) groups excluding carboxylic acids is 2. The Hall–Kier alpha value is -1.21. The molecule has 0 aliphatic rings. The normalized spacial score (nSPS) is 12.5. The van der Waals surface area contributed by atoms with Crippen molar-refractivity contribution in [2.24, 2.45) is 0 Å². The third-order valence-electron chi connectivity index (χ3n) is 8.28. The molecule has 0 spiro atoms. The predicted molar refractivity (Wildman–Crippen MR) is 189 cm³/mol. The molecule has 0 heterocycles. The van der Waals surface area contributed by atoms with Crippen LogP contribution in [0, 0.1) is 0 Å². The molecule has 9 heteroatoms. The van der Waals surface area contributed by atoms with E-state index in [0.29, 0.717) is 6.42 Å². The van der Waals surface area contributed by atoms with E-state index in [1.54, 1.807) is 0 Å². The van der Waals surface area contributed by atoms with Crippen LogP contribution in [0.1, 0.15) is 194 Å². The number of ether oxygens (including phenoxy) is 2. The number of phosphoric ester groups is 1. The van der Waals surface area contributed by atoms with Crippen LogP contribution in [-0.2, 0) is 28.2 Å². The molecule has 46 heavy (non-hydrogen) atoms. The van der Waals surface area contributed by atoms with Crippen molar-refractivity contribution >= 4 is 19.8 Å². The summed E-state index contributed by atoms with van der Waals surface area (Å²) in [4.78, 5) is 42.6. The van der Waals surface area contributed by atoms with Crippen molar-refractivity contribution in [2.75, 3.05) is 13.2 Å². The van der Waals surface area contributed by atoms with Gasteiger partial charge in [-0.3, -0.25) is 14.1 Å². The zero-order valence-corrected chi connectivity index (χ0v) is 30.6. The molecule has 8 nitrogen and oxygen atoms in total. The first-order valence-corrected chi connectivity index (χ1v) is 20.5. The highest BCUT2D eigenvalue weighted by Crippen LogP contribution is 2.36. The van der Waals surface area contributed by atoms with Gasteiger partial charge < -0.3 is 19.3 Å². The van der Waals surface area contributed by atoms with Gasteiger partial charge in [0.25, 0.3) is 0 Å². The van der Waals surface area contributed by atoms with Crippen molar-refractivity contribution < 1.29 is 37.9 Å². The molecule has 0 aliphatic heterocycles. The van der Waals surface area contributed by atoms with Crippen LogP contribution >= 0.6 is 7.82 Å². The van der Waals surface area contributed by atoms with E-state index in [-0.39, 0.29) is 19.4 Å². The van der Waals surface area contributed by atoms with E-state index in [4.69, 9.17) is 19.3 Å². The molecule has 0 unspecified atom stereocenters. The Morgan fingerprint density at radius 2 is 0.913 bits per heavy atom. The van der Waals surface area contributed by atoms with Gasteiger partial charge >= 0.3 is 19.8 Å². The lowest BCUT2D eigenvalue weighted by molar-refractivity contribution is -0.161. The average molecular weight is 675 g/mol. The molecular weight excluding hydrogens is 603 g/mol. The maximum absolute atomic E-state index is 12.3. The largest absolute Gasteiger partial charge is 0.469 e. The number of rotatable bonds is 35. The molecule has 0 bridgehead atoms. The monoisotopic (exact) mass is 674 g/mol. The van der Waals surface area contributed by atoms with E-state index in [2.05, 4.69) is 30.5 Å². The Kier molecular flexibility index (Phi) is 32.8. The van der Waals surface area contributed by atoms with Crippen LogP contribution in [0.3, 0.4) is 0 Å². The Morgan fingerprint density at radius 1 is 0.543 bits per heavy atom. The second kappa shape index (κ2) is 33.7. The summed E-state index contributed by atoms with van der Waals surface area (Å²) in [5.74, 6) is -0.887. The molecule has 0 aromatic carbocycles. The summed E-state index contributed by atoms with van der Waals surface area (Å²) in [6.45, 7) is 3.65. The van der Waals surface area contributed by atoms with Crippen molar-refractivity contribution in [3.63, 3.8) is 0 Å². The van der Waals surface area contributed by atoms with Crippen LogP contribution in [0.15, 0.2) is 12.2 Å². The highest BCUT2D eigenvalue weighted by molar-refractivity contribution is 7.46. The Labute approximate surface area is 282 Å². The van der Waals surface area contributed by atoms with Gasteiger partial charge in [-0.2, -0.15) is 0 Å². The van der Waals surface area contributed by atoms with E-state index in [1.807, 2.05) is 0 Å². The topological polar surface area (TPSA) is 119 Å². The highest BCUT2D eigenvalue weighted by Gasteiger charge is 2.22. The summed E-state index contributed by atoms with van der Waals surface area (Å²) in [6.07, 6.45) is 35.0. The molecule has 2 N–H and O–H groups in total. The van der Waals surface area contributed by atoms with Crippen LogP contribution in [0.2, 0.25) is 0 Å². The smallest absolute Gasteiger partial charge is 0.462 e. The Morgan fingerprint density at radius 3 is 1.37 bits per heavy atom. The molecule has 0 saturated carbocycles. The third-order valence-corrected chi connectivity index (χ3v) is 8.77. The van der Waals surface area contributed by atoms with E-state index in [9.17, 15) is 14.2 Å². The van der Waals surface area contributed by atoms with Gasteiger partial charge in [0, 0.05) is 12.8 Å². The number of phosphoric acid groups is 1. The SMILES string of the molecule is CCCCC/C=C/CCCCCCCC(=O)O[C@H](COC(=O)CCCCCCCCCCCCCCCCCC)COP(=O)(O)O. The molecule has 0 aromatic heterocycles. The lowest BCUT2D eigenvalue weighted by Crippen LogP contribution is -2.29. The first-order chi connectivity index (χ1) is 22.3. The van der Waals surface area contributed by atoms with Gasteiger partial charge in [0.2, 0.25) is 0 Å². The van der Waals surface area contributed by atoms with Gasteiger partial charge in [0.1, 0.15) is 6.61 Å². The van der Waals surface area contributed by atoms with Crippen LogP contribution in [0.5, 0.6) is 0 Å². The number of carbonyl (C=O) groups is 2. The zero-order valence-electron chi connectivity index (χ0n) is 29.7. The maximum Gasteiger partial charge on any atom is 0.469 e. The summed E-state index contributed by atoms with van der Waals surface area (Å²) in [7, 11) is -4.74. The molecule has 0 radical (unpaired) electrons. The van der Waals surface area contributed by atoms with E-state index >= 15 is 0 Å². The lowest BCUT2D eigenvalue weighted by atomic mass is 10.0. The average Bonchev–Trinajstić information content (AvgIpc) is 3.02. The quantitative estimate of drug-likeness (QED) is 0.0295. The molecule has 0 aliphatic carbocycles. The maximum atomic E-state index is 12.3. The van der Waals surface area contributed by atoms with Crippen molar-refractivity contribution in [2.45, 2.75) is 200 Å². The number of esters is 2. The van der Waals surface area contributed by atoms with Gasteiger partial charge in [-0.05, 0) is 38.5 Å². The first kappa shape index (κ1) is 44.8. The van der Waals surface area contributed by atoms with Crippen molar-refractivity contribution in [3.05, 3.63) is 12.2 Å². The van der Waals surface area contributed by atoms with Crippen molar-refractivity contribution in [3.8, 4) is 0 Å². The van der Waals surface area contributed by atoms with E-state index in [0.717, 1.165) is 57.8 Å². The lowest BCUT2D eigenvalue weighted by Gasteiger charge is -2.18. The van der Waals surface area contributed by atoms with Gasteiger partial charge in [-0.15, -0.1) is 0 Å². The van der Waals surface area contributed by atoms with Gasteiger partial charge in [0.15, 0.2) is 6.10 Å². The molecule has 0 amide bonds. The highest BCUT2D eigenvalue weighted by atomic mass is 31.2. The molecule has 0 rings (SSSR count). The van der Waals surface area contributed by atoms with E-state index < -0.39 is 32.5 Å². The van der Waals surface area contributed by atoms with Crippen LogP contribution in [0.4, 0.5) is 0 Å². The Bertz CT molecular complexity index is 766. The fourth-order valence-electron chi connectivity index (χ4n) is 5.43. The van der Waals surface area contributed by atoms with Crippen LogP contribution < -0.4 is 0 Å². The van der Waals surface area contributed by atoms with Gasteiger partial charge in [-0.1, -0.05) is 154 Å². The predicted octanol–water partition coefficient (Wildman–Crippen LogP) is 11.1. The third kappa shape index (κ3) is 35.6. The number of hydrogen-bond donors (Lipinski definition) is 2. The second-order valence-electron chi connectivity index (χ2n) is 12.9. The zero-order chi connectivity index (χ0) is 34.0. The molecule has 0 aromatic rings. The molecule has 1 atom stereocenters. The Balaban J connectivity index is 3.92. The molecule has 0 saturated heterocycles. The summed E-state index contributed by atoms with van der Waals surface area (Å²) in [5.41, 5.74) is 0. The fraction of sp³-hybridized carbons (Fsp3) is 0.892. The fourth-order valence-corrected chi connectivity index (χ4v) is 5.79. The summed E-state index contributed by atoms with van der Waals surface area (Å²) >= 11 is 0. The van der Waals surface area contributed by atoms with Crippen molar-refractivity contribution in [1.82, 2.24) is 0 Å². The van der Waals surface area contributed by atoms with E-state index in [1.165, 1.54) is 103 Å². The summed E-state index contributed by atoms with van der Waals surface area (Å²) in [6, 6.07) is 0. The van der Waals surface area contributed by atoms with Crippen molar-refractivity contribution in [1.29, 1.82) is 0 Å². The minimum absolute atomic E-state index is 0.205. The van der Waals surface area contributed by atoms with Crippen LogP contribution in [-0.4, -0.2) is 41.0 Å². The summed E-state index contributed by atoms with van der Waals surface area (Å²) < 4.78 is 26.3. The molecule has 272 valence electrons. The molecular formula is C37H71O8P. The second-order valence-corrected chi connectivity index (χ2v) is 14.1. The van der Waals surface area contributed by atoms with Gasteiger partial charge in [0.05, 0.1) is 6.61 Å². The molecule has 0 fully saturated rings. The minimum Gasteiger partial charge on any atom is -0.462 e. The summed E-state index contributed by atoms with van der Waals surface area (Å²) in [5, 5.41) is 0. The van der Waals surface area contributed by atoms with Gasteiger partial charge in [-0.25, -0.2) is 4.57 Å². The standard InChI is InChI=1S/C37H71O8P/c1-3-5-7-9-11-13-15-17-18-19-20-22-23-25-27-29-31-36(38)43-33-35(34-44-46(40,41)42)45-37(39)32-30-28-26-24-21-16-14-12-10-8-6-4-2/h12,14,35H,3-11,13,15-34H2,1-2H3,(H2,40,41,42)/b14-12+/t35-/m1/s1. The first-order valence-electron chi connectivity index (χ1n) is 19.0. The number of allylic oxidation sites excluding steroid dienone is 2. The minimum atomic E-state index is -4.74. The number of unbranched alkanes of at least 4 members (excludes halogenated alkanes) is 23. The van der Waals surface area contributed by atoms with Crippen LogP contribution in [0.25, 0.3) is 0 Å². The number of hydrogen-bond acceptors (Lipinski definition) is 6.